The third-order valence-corrected chi connectivity index (χ3v) is 7.73. The summed E-state index contributed by atoms with van der Waals surface area (Å²) in [5, 5.41) is 42.4. The summed E-state index contributed by atoms with van der Waals surface area (Å²) in [6.45, 7) is 3.64. The second kappa shape index (κ2) is 18.9. The Labute approximate surface area is 255 Å². The van der Waals surface area contributed by atoms with Crippen LogP contribution in [0.2, 0.25) is 0 Å². The maximum atomic E-state index is 10.7. The van der Waals surface area contributed by atoms with Gasteiger partial charge in [-0.05, 0) is 67.7 Å². The second-order valence-corrected chi connectivity index (χ2v) is 11.2. The molecule has 232 valence electrons. The number of rotatable bonds is 17. The van der Waals surface area contributed by atoms with E-state index in [4.69, 9.17) is 9.84 Å². The number of aliphatic hydroxyl groups excluding tert-OH is 2. The zero-order valence-electron chi connectivity index (χ0n) is 25.1. The van der Waals surface area contributed by atoms with E-state index in [0.29, 0.717) is 5.39 Å². The average molecular weight is 590 g/mol. The molecule has 0 fully saturated rings. The minimum atomic E-state index is -1.12. The summed E-state index contributed by atoms with van der Waals surface area (Å²) >= 11 is 0. The Morgan fingerprint density at radius 1 is 0.860 bits per heavy atom. The number of aryl methyl sites for hydroxylation is 1. The molecule has 0 amide bonds. The zero-order valence-corrected chi connectivity index (χ0v) is 25.1. The summed E-state index contributed by atoms with van der Waals surface area (Å²) in [7, 11) is 0. The van der Waals surface area contributed by atoms with Crippen LogP contribution in [0, 0.1) is 5.41 Å². The Morgan fingerprint density at radius 3 is 2.33 bits per heavy atom. The van der Waals surface area contributed by atoms with E-state index in [0.717, 1.165) is 69.4 Å². The van der Waals surface area contributed by atoms with Crippen molar-refractivity contribution in [2.75, 3.05) is 39.5 Å². The SMILES string of the molecule is O=C(O)c1ccc2ccccc2c1O.OCC1=CC=CC(CO)(CNCCCCCCOCCCCc2ccccc2)C1. The summed E-state index contributed by atoms with van der Waals surface area (Å²) in [4.78, 5) is 10.7. The van der Waals surface area contributed by atoms with Gasteiger partial charge in [-0.2, -0.15) is 0 Å². The van der Waals surface area contributed by atoms with Gasteiger partial charge in [0.05, 0.1) is 13.2 Å². The number of nitrogens with one attached hydrogen (secondary N) is 1. The van der Waals surface area contributed by atoms with Gasteiger partial charge in [-0.1, -0.05) is 91.7 Å². The lowest BCUT2D eigenvalue weighted by Crippen LogP contribution is -2.37. The molecule has 0 spiro atoms. The molecule has 0 heterocycles. The molecule has 43 heavy (non-hydrogen) atoms. The van der Waals surface area contributed by atoms with Crippen LogP contribution < -0.4 is 5.32 Å². The molecule has 4 rings (SSSR count). The fraction of sp³-hybridized carbons (Fsp3) is 0.417. The van der Waals surface area contributed by atoms with Crippen molar-refractivity contribution in [2.24, 2.45) is 5.41 Å². The van der Waals surface area contributed by atoms with Gasteiger partial charge in [0.2, 0.25) is 0 Å². The van der Waals surface area contributed by atoms with E-state index in [1.165, 1.54) is 30.9 Å². The van der Waals surface area contributed by atoms with E-state index < -0.39 is 5.97 Å². The van der Waals surface area contributed by atoms with Gasteiger partial charge in [-0.3, -0.25) is 0 Å². The fourth-order valence-electron chi connectivity index (χ4n) is 5.21. The maximum Gasteiger partial charge on any atom is 0.339 e. The number of carboxylic acids is 1. The summed E-state index contributed by atoms with van der Waals surface area (Å²) < 4.78 is 5.75. The van der Waals surface area contributed by atoms with E-state index in [1.54, 1.807) is 18.2 Å². The summed E-state index contributed by atoms with van der Waals surface area (Å²) in [6.07, 6.45) is 14.8. The van der Waals surface area contributed by atoms with Crippen molar-refractivity contribution in [3.05, 3.63) is 102 Å². The van der Waals surface area contributed by atoms with Crippen LogP contribution in [0.3, 0.4) is 0 Å². The molecule has 0 saturated heterocycles. The number of aromatic carboxylic acids is 1. The molecular weight excluding hydrogens is 542 g/mol. The number of hydrogen-bond donors (Lipinski definition) is 5. The Kier molecular flexibility index (Phi) is 15.0. The first kappa shape index (κ1) is 34.0. The monoisotopic (exact) mass is 589 g/mol. The number of fused-ring (bicyclic) bond motifs is 1. The van der Waals surface area contributed by atoms with Gasteiger partial charge in [0, 0.05) is 30.6 Å². The quantitative estimate of drug-likeness (QED) is 0.118. The minimum absolute atomic E-state index is 0.0660. The summed E-state index contributed by atoms with van der Waals surface area (Å²) in [5.74, 6) is -1.29. The molecule has 7 heteroatoms. The van der Waals surface area contributed by atoms with Crippen molar-refractivity contribution in [2.45, 2.75) is 51.4 Å². The number of allylic oxidation sites excluding steroid dienone is 2. The largest absolute Gasteiger partial charge is 0.506 e. The van der Waals surface area contributed by atoms with Crippen molar-refractivity contribution in [3.63, 3.8) is 0 Å². The Hall–Kier alpha value is -3.49. The fourth-order valence-corrected chi connectivity index (χ4v) is 5.21. The van der Waals surface area contributed by atoms with Crippen molar-refractivity contribution < 1.29 is 30.0 Å². The molecule has 1 aliphatic carbocycles. The lowest BCUT2D eigenvalue weighted by molar-refractivity contribution is 0.0694. The highest BCUT2D eigenvalue weighted by Gasteiger charge is 2.28. The van der Waals surface area contributed by atoms with Gasteiger partial charge >= 0.3 is 5.97 Å². The predicted molar refractivity (Wildman–Crippen MR) is 173 cm³/mol. The predicted octanol–water partition coefficient (Wildman–Crippen LogP) is 6.28. The number of carbonyl (C=O) groups is 1. The molecule has 5 N–H and O–H groups in total. The lowest BCUT2D eigenvalue weighted by Gasteiger charge is -2.32. The number of benzene rings is 3. The highest BCUT2D eigenvalue weighted by molar-refractivity contribution is 6.00. The van der Waals surface area contributed by atoms with Crippen LogP contribution in [-0.2, 0) is 11.2 Å². The van der Waals surface area contributed by atoms with Crippen LogP contribution in [0.4, 0.5) is 0 Å². The van der Waals surface area contributed by atoms with Crippen LogP contribution >= 0.6 is 0 Å². The lowest BCUT2D eigenvalue weighted by atomic mass is 9.79. The van der Waals surface area contributed by atoms with Gasteiger partial charge in [0.15, 0.2) is 0 Å². The third kappa shape index (κ3) is 11.6. The topological polar surface area (TPSA) is 119 Å². The van der Waals surface area contributed by atoms with E-state index in [-0.39, 0.29) is 29.9 Å². The van der Waals surface area contributed by atoms with Crippen LogP contribution in [0.5, 0.6) is 5.75 Å². The van der Waals surface area contributed by atoms with Crippen LogP contribution in [-0.4, -0.2) is 65.9 Å². The first-order valence-electron chi connectivity index (χ1n) is 15.3. The number of aliphatic hydroxyl groups is 2. The maximum absolute atomic E-state index is 10.7. The molecule has 3 aromatic carbocycles. The van der Waals surface area contributed by atoms with Crippen LogP contribution in [0.25, 0.3) is 10.8 Å². The van der Waals surface area contributed by atoms with E-state index in [1.807, 2.05) is 24.3 Å². The average Bonchev–Trinajstić information content (AvgIpc) is 3.04. The van der Waals surface area contributed by atoms with Gasteiger partial charge < -0.3 is 30.5 Å². The van der Waals surface area contributed by atoms with Gasteiger partial charge in [-0.15, -0.1) is 0 Å². The number of aromatic hydroxyl groups is 1. The smallest absolute Gasteiger partial charge is 0.339 e. The van der Waals surface area contributed by atoms with E-state index in [9.17, 15) is 20.1 Å². The molecule has 7 nitrogen and oxygen atoms in total. The van der Waals surface area contributed by atoms with Gasteiger partial charge in [0.25, 0.3) is 0 Å². The normalized spacial score (nSPS) is 16.0. The molecule has 0 aliphatic heterocycles. The first-order chi connectivity index (χ1) is 21.0. The van der Waals surface area contributed by atoms with Gasteiger partial charge in [0.1, 0.15) is 11.3 Å². The molecular formula is C36H47NO6. The van der Waals surface area contributed by atoms with Crippen molar-refractivity contribution >= 4 is 16.7 Å². The Balaban J connectivity index is 0.000000299. The van der Waals surface area contributed by atoms with Crippen molar-refractivity contribution in [3.8, 4) is 5.75 Å². The highest BCUT2D eigenvalue weighted by Crippen LogP contribution is 2.30. The van der Waals surface area contributed by atoms with E-state index >= 15 is 0 Å². The first-order valence-corrected chi connectivity index (χ1v) is 15.3. The molecule has 0 saturated carbocycles. The van der Waals surface area contributed by atoms with E-state index in [2.05, 4.69) is 41.7 Å². The van der Waals surface area contributed by atoms with Crippen molar-refractivity contribution in [1.29, 1.82) is 0 Å². The highest BCUT2D eigenvalue weighted by atomic mass is 16.5. The third-order valence-electron chi connectivity index (χ3n) is 7.73. The molecule has 0 bridgehead atoms. The Morgan fingerprint density at radius 2 is 1.58 bits per heavy atom. The zero-order chi connectivity index (χ0) is 30.8. The molecule has 1 aliphatic rings. The molecule has 0 aromatic heterocycles. The minimum Gasteiger partial charge on any atom is -0.506 e. The van der Waals surface area contributed by atoms with Crippen LogP contribution in [0.1, 0.15) is 60.9 Å². The standard InChI is InChI=1S/C25H39NO3.C11H8O3/c27-20-24-14-10-15-25(19-24,22-28)21-26-16-7-1-2-8-17-29-18-9-6-13-23-11-4-3-5-12-23;12-10-8-4-2-1-3-7(8)5-6-9(10)11(13)14/h3-5,10-12,14-15,26-28H,1-2,6-9,13,16-22H2;1-6,12H,(H,13,14). The number of hydrogen-bond acceptors (Lipinski definition) is 6. The molecule has 0 radical (unpaired) electrons. The molecule has 3 aromatic rings. The summed E-state index contributed by atoms with van der Waals surface area (Å²) in [6, 6.07) is 20.8. The number of unbranched alkanes of at least 4 members (excludes halogenated alkanes) is 4. The molecule has 1 atom stereocenters. The summed E-state index contributed by atoms with van der Waals surface area (Å²) in [5.41, 5.74) is 2.07. The number of carboxylic acid groups (broad SMARTS) is 1. The van der Waals surface area contributed by atoms with Crippen molar-refractivity contribution in [1.82, 2.24) is 5.32 Å². The Bertz CT molecular complexity index is 1310. The molecule has 1 unspecified atom stereocenters. The van der Waals surface area contributed by atoms with Crippen LogP contribution in [0.15, 0.2) is 90.5 Å². The van der Waals surface area contributed by atoms with Gasteiger partial charge in [-0.25, -0.2) is 4.79 Å². The number of ether oxygens (including phenoxy) is 1. The second-order valence-electron chi connectivity index (χ2n) is 11.2. The number of phenols is 1.